The van der Waals surface area contributed by atoms with E-state index in [2.05, 4.69) is 10.3 Å². The zero-order valence-corrected chi connectivity index (χ0v) is 16.0. The van der Waals surface area contributed by atoms with Crippen LogP contribution >= 0.6 is 23.2 Å². The van der Waals surface area contributed by atoms with Crippen LogP contribution in [0.15, 0.2) is 83.3 Å². The van der Waals surface area contributed by atoms with E-state index in [1.54, 1.807) is 12.1 Å². The van der Waals surface area contributed by atoms with E-state index in [0.29, 0.717) is 16.5 Å². The quantitative estimate of drug-likeness (QED) is 0.415. The summed E-state index contributed by atoms with van der Waals surface area (Å²) in [6, 6.07) is 24.0. The fraction of sp³-hybridized carbons (Fsp3) is 0. The van der Waals surface area contributed by atoms with E-state index in [-0.39, 0.29) is 16.6 Å². The summed E-state index contributed by atoms with van der Waals surface area (Å²) in [6.07, 6.45) is 0. The van der Waals surface area contributed by atoms with Gasteiger partial charge in [0.05, 0.1) is 10.6 Å². The Bertz CT molecular complexity index is 1070. The van der Waals surface area contributed by atoms with Gasteiger partial charge in [-0.2, -0.15) is 4.98 Å². The summed E-state index contributed by atoms with van der Waals surface area (Å²) in [4.78, 5) is 17.1. The molecule has 0 radical (unpaired) electrons. The van der Waals surface area contributed by atoms with E-state index < -0.39 is 5.91 Å². The maximum absolute atomic E-state index is 12.6. The van der Waals surface area contributed by atoms with Gasteiger partial charge in [-0.3, -0.25) is 10.1 Å². The molecule has 0 fully saturated rings. The molecular weight excluding hydrogens is 395 g/mol. The lowest BCUT2D eigenvalue weighted by Crippen LogP contribution is -2.12. The molecule has 1 aromatic heterocycles. The average molecular weight is 409 g/mol. The summed E-state index contributed by atoms with van der Waals surface area (Å²) >= 11 is 12.0. The number of carbonyl (C=O) groups is 1. The highest BCUT2D eigenvalue weighted by atomic mass is 35.5. The third-order valence-corrected chi connectivity index (χ3v) is 4.65. The molecule has 0 bridgehead atoms. The van der Waals surface area contributed by atoms with Crippen LogP contribution in [0, 0.1) is 0 Å². The molecule has 0 atom stereocenters. The number of aromatic nitrogens is 1. The second-order valence-electron chi connectivity index (χ2n) is 6.01. The molecule has 0 saturated carbocycles. The minimum atomic E-state index is -0.429. The van der Waals surface area contributed by atoms with Crippen molar-refractivity contribution in [2.75, 3.05) is 5.32 Å². The number of benzene rings is 3. The first kappa shape index (κ1) is 18.3. The first-order valence-corrected chi connectivity index (χ1v) is 9.25. The van der Waals surface area contributed by atoms with Crippen LogP contribution in [-0.2, 0) is 0 Å². The van der Waals surface area contributed by atoms with Crippen molar-refractivity contribution in [1.29, 1.82) is 0 Å². The van der Waals surface area contributed by atoms with Gasteiger partial charge in [0.2, 0.25) is 0 Å². The topological polar surface area (TPSA) is 55.1 Å². The minimum absolute atomic E-state index is 0.0914. The number of amides is 1. The summed E-state index contributed by atoms with van der Waals surface area (Å²) in [6.45, 7) is 0. The molecule has 0 aliphatic rings. The second-order valence-corrected chi connectivity index (χ2v) is 6.85. The van der Waals surface area contributed by atoms with Crippen LogP contribution in [0.2, 0.25) is 10.0 Å². The smallest absolute Gasteiger partial charge is 0.302 e. The van der Waals surface area contributed by atoms with Crippen LogP contribution in [0.3, 0.4) is 0 Å². The Morgan fingerprint density at radius 3 is 2.14 bits per heavy atom. The normalized spacial score (nSPS) is 10.6. The average Bonchev–Trinajstić information content (AvgIpc) is 3.13. The number of nitrogens with zero attached hydrogens (tertiary/aromatic N) is 1. The van der Waals surface area contributed by atoms with Gasteiger partial charge in [0.1, 0.15) is 5.69 Å². The lowest BCUT2D eigenvalue weighted by molar-refractivity contribution is 0.102. The number of oxazole rings is 1. The molecule has 4 rings (SSSR count). The van der Waals surface area contributed by atoms with E-state index in [4.69, 9.17) is 27.6 Å². The van der Waals surface area contributed by atoms with Crippen LogP contribution in [0.25, 0.3) is 22.6 Å². The molecular formula is C22H14Cl2N2O2. The summed E-state index contributed by atoms with van der Waals surface area (Å²) in [5.74, 6) is 0.145. The van der Waals surface area contributed by atoms with Crippen molar-refractivity contribution in [2.24, 2.45) is 0 Å². The summed E-state index contributed by atoms with van der Waals surface area (Å²) in [5, 5.41) is 3.38. The van der Waals surface area contributed by atoms with Crippen LogP contribution in [0.1, 0.15) is 10.4 Å². The van der Waals surface area contributed by atoms with Gasteiger partial charge in [0.25, 0.3) is 5.91 Å². The molecule has 0 spiro atoms. The van der Waals surface area contributed by atoms with Gasteiger partial charge < -0.3 is 4.42 Å². The monoisotopic (exact) mass is 408 g/mol. The maximum atomic E-state index is 12.6. The molecule has 0 aliphatic carbocycles. The zero-order chi connectivity index (χ0) is 19.5. The number of hydrogen-bond donors (Lipinski definition) is 1. The lowest BCUT2D eigenvalue weighted by Gasteiger charge is -2.03. The van der Waals surface area contributed by atoms with Gasteiger partial charge in [0, 0.05) is 16.1 Å². The van der Waals surface area contributed by atoms with Crippen LogP contribution in [0.4, 0.5) is 6.01 Å². The maximum Gasteiger partial charge on any atom is 0.302 e. The van der Waals surface area contributed by atoms with Gasteiger partial charge >= 0.3 is 6.01 Å². The summed E-state index contributed by atoms with van der Waals surface area (Å²) < 4.78 is 5.90. The van der Waals surface area contributed by atoms with E-state index >= 15 is 0 Å². The summed E-state index contributed by atoms with van der Waals surface area (Å²) in [7, 11) is 0. The lowest BCUT2D eigenvalue weighted by atomic mass is 10.1. The van der Waals surface area contributed by atoms with E-state index in [1.165, 1.54) is 6.07 Å². The Hall–Kier alpha value is -3.08. The Balaban J connectivity index is 1.72. The number of nitrogens with one attached hydrogen (secondary N) is 1. The van der Waals surface area contributed by atoms with Gasteiger partial charge in [-0.05, 0) is 18.2 Å². The van der Waals surface area contributed by atoms with Crippen molar-refractivity contribution in [3.8, 4) is 22.6 Å². The molecule has 0 saturated heterocycles. The summed E-state index contributed by atoms with van der Waals surface area (Å²) in [5.41, 5.74) is 2.67. The first-order chi connectivity index (χ1) is 13.6. The Morgan fingerprint density at radius 1 is 0.857 bits per heavy atom. The molecule has 3 aromatic carbocycles. The van der Waals surface area contributed by atoms with Gasteiger partial charge in [-0.1, -0.05) is 83.9 Å². The SMILES string of the molecule is O=C(Nc1nc(-c2ccccc2)c(-c2ccccc2)o1)c1ccc(Cl)cc1Cl. The standard InChI is InChI=1S/C22H14Cl2N2O2/c23-16-11-12-17(18(24)13-16)21(27)26-22-25-19(14-7-3-1-4-8-14)20(28-22)15-9-5-2-6-10-15/h1-13H,(H,25,26,27). The predicted octanol–water partition coefficient (Wildman–Crippen LogP) is 6.57. The molecule has 4 nitrogen and oxygen atoms in total. The first-order valence-electron chi connectivity index (χ1n) is 8.50. The largest absolute Gasteiger partial charge is 0.423 e. The zero-order valence-electron chi connectivity index (χ0n) is 14.5. The second kappa shape index (κ2) is 7.89. The van der Waals surface area contributed by atoms with E-state index in [0.717, 1.165) is 11.1 Å². The van der Waals surface area contributed by atoms with Crippen molar-refractivity contribution in [3.63, 3.8) is 0 Å². The molecule has 4 aromatic rings. The number of halogens is 2. The van der Waals surface area contributed by atoms with Gasteiger partial charge in [-0.25, -0.2) is 0 Å². The minimum Gasteiger partial charge on any atom is -0.423 e. The van der Waals surface area contributed by atoms with Crippen LogP contribution in [0.5, 0.6) is 0 Å². The Kier molecular flexibility index (Phi) is 5.15. The molecule has 0 unspecified atom stereocenters. The van der Waals surface area contributed by atoms with Crippen LogP contribution in [-0.4, -0.2) is 10.9 Å². The van der Waals surface area contributed by atoms with Crippen molar-refractivity contribution in [3.05, 3.63) is 94.5 Å². The van der Waals surface area contributed by atoms with E-state index in [9.17, 15) is 4.79 Å². The number of hydrogen-bond acceptors (Lipinski definition) is 3. The molecule has 1 heterocycles. The fourth-order valence-corrected chi connectivity index (χ4v) is 3.28. The fourth-order valence-electron chi connectivity index (χ4n) is 2.79. The van der Waals surface area contributed by atoms with Gasteiger partial charge in [-0.15, -0.1) is 0 Å². The highest BCUT2D eigenvalue weighted by Crippen LogP contribution is 2.34. The molecule has 138 valence electrons. The van der Waals surface area contributed by atoms with Crippen molar-refractivity contribution >= 4 is 35.1 Å². The third-order valence-electron chi connectivity index (χ3n) is 4.11. The number of carbonyl (C=O) groups excluding carboxylic acids is 1. The van der Waals surface area contributed by atoms with Gasteiger partial charge in [0.15, 0.2) is 5.76 Å². The number of rotatable bonds is 4. The van der Waals surface area contributed by atoms with Crippen molar-refractivity contribution in [1.82, 2.24) is 4.98 Å². The van der Waals surface area contributed by atoms with Crippen molar-refractivity contribution < 1.29 is 9.21 Å². The third kappa shape index (κ3) is 3.79. The molecule has 6 heteroatoms. The molecule has 28 heavy (non-hydrogen) atoms. The molecule has 0 aliphatic heterocycles. The Morgan fingerprint density at radius 2 is 1.50 bits per heavy atom. The Labute approximate surface area is 171 Å². The highest BCUT2D eigenvalue weighted by Gasteiger charge is 2.19. The predicted molar refractivity (Wildman–Crippen MR) is 112 cm³/mol. The van der Waals surface area contributed by atoms with Crippen LogP contribution < -0.4 is 5.32 Å². The van der Waals surface area contributed by atoms with E-state index in [1.807, 2.05) is 60.7 Å². The molecule has 1 amide bonds. The highest BCUT2D eigenvalue weighted by molar-refractivity contribution is 6.37. The number of anilines is 1. The molecule has 1 N–H and O–H groups in total. The van der Waals surface area contributed by atoms with Crippen molar-refractivity contribution in [2.45, 2.75) is 0 Å².